The van der Waals surface area contributed by atoms with Crippen LogP contribution >= 0.6 is 11.3 Å². The Kier molecular flexibility index (Phi) is 5.86. The maximum Gasteiger partial charge on any atom is 0.101 e. The van der Waals surface area contributed by atoms with E-state index in [1.54, 1.807) is 11.3 Å². The smallest absolute Gasteiger partial charge is 0.101 e. The van der Waals surface area contributed by atoms with Crippen molar-refractivity contribution >= 4 is 11.3 Å². The highest BCUT2D eigenvalue weighted by Crippen LogP contribution is 2.17. The lowest BCUT2D eigenvalue weighted by molar-refractivity contribution is 0.151. The van der Waals surface area contributed by atoms with Crippen LogP contribution in [0.5, 0.6) is 0 Å². The summed E-state index contributed by atoms with van der Waals surface area (Å²) in [4.78, 5) is 0.985. The fraction of sp³-hybridized carbons (Fsp3) is 0.636. The molecule has 2 unspecified atom stereocenters. The van der Waals surface area contributed by atoms with Gasteiger partial charge in [-0.25, -0.2) is 0 Å². The van der Waals surface area contributed by atoms with E-state index in [1.165, 1.54) is 0 Å². The van der Waals surface area contributed by atoms with Gasteiger partial charge in [0.05, 0.1) is 6.10 Å². The molecule has 2 atom stereocenters. The van der Waals surface area contributed by atoms with Crippen LogP contribution in [0.2, 0.25) is 0 Å². The highest BCUT2D eigenvalue weighted by molar-refractivity contribution is 7.10. The lowest BCUT2D eigenvalue weighted by Crippen LogP contribution is -2.24. The second-order valence-corrected chi connectivity index (χ2v) is 4.57. The summed E-state index contributed by atoms with van der Waals surface area (Å²) >= 11 is 1.56. The van der Waals surface area contributed by atoms with Gasteiger partial charge in [0, 0.05) is 11.4 Å². The van der Waals surface area contributed by atoms with Gasteiger partial charge in [0.25, 0.3) is 0 Å². The molecule has 0 radical (unpaired) electrons. The van der Waals surface area contributed by atoms with Crippen molar-refractivity contribution in [1.29, 1.82) is 0 Å². The van der Waals surface area contributed by atoms with Crippen molar-refractivity contribution in [1.82, 2.24) is 5.32 Å². The third-order valence-electron chi connectivity index (χ3n) is 2.33. The molecule has 1 rings (SSSR count). The predicted octanol–water partition coefficient (Wildman–Crippen LogP) is 1.53. The third-order valence-corrected chi connectivity index (χ3v) is 3.31. The van der Waals surface area contributed by atoms with Gasteiger partial charge in [0.15, 0.2) is 0 Å². The lowest BCUT2D eigenvalue weighted by Gasteiger charge is -2.11. The number of hydrogen-bond donors (Lipinski definition) is 3. The van der Waals surface area contributed by atoms with Crippen molar-refractivity contribution in [2.45, 2.75) is 32.0 Å². The van der Waals surface area contributed by atoms with Crippen molar-refractivity contribution in [2.75, 3.05) is 13.1 Å². The molecule has 1 heterocycles. The first-order valence-corrected chi connectivity index (χ1v) is 6.22. The Morgan fingerprint density at radius 1 is 1.47 bits per heavy atom. The van der Waals surface area contributed by atoms with E-state index in [1.807, 2.05) is 24.4 Å². The summed E-state index contributed by atoms with van der Waals surface area (Å²) in [5.74, 6) is 0. The Balaban J connectivity index is 2.10. The van der Waals surface area contributed by atoms with Crippen molar-refractivity contribution < 1.29 is 10.2 Å². The van der Waals surface area contributed by atoms with Gasteiger partial charge in [0.2, 0.25) is 0 Å². The molecule has 3 nitrogen and oxygen atoms in total. The number of aliphatic hydroxyl groups excluding tert-OH is 2. The van der Waals surface area contributed by atoms with Gasteiger partial charge in [-0.05, 0) is 30.8 Å². The van der Waals surface area contributed by atoms with E-state index in [9.17, 15) is 10.2 Å². The average molecular weight is 229 g/mol. The van der Waals surface area contributed by atoms with Crippen LogP contribution in [-0.4, -0.2) is 29.4 Å². The van der Waals surface area contributed by atoms with Crippen molar-refractivity contribution in [3.63, 3.8) is 0 Å². The van der Waals surface area contributed by atoms with Crippen molar-refractivity contribution in [3.05, 3.63) is 22.4 Å². The van der Waals surface area contributed by atoms with Gasteiger partial charge in [-0.3, -0.25) is 0 Å². The van der Waals surface area contributed by atoms with Crippen LogP contribution in [0.4, 0.5) is 0 Å². The van der Waals surface area contributed by atoms with Crippen LogP contribution in [0.3, 0.4) is 0 Å². The highest BCUT2D eigenvalue weighted by atomic mass is 32.1. The number of aliphatic hydroxyl groups is 2. The molecular weight excluding hydrogens is 210 g/mol. The van der Waals surface area contributed by atoms with Gasteiger partial charge >= 0.3 is 0 Å². The summed E-state index contributed by atoms with van der Waals surface area (Å²) in [6.45, 7) is 3.26. The van der Waals surface area contributed by atoms with Gasteiger partial charge < -0.3 is 15.5 Å². The summed E-state index contributed by atoms with van der Waals surface area (Å²) in [6.07, 6.45) is 0.878. The predicted molar refractivity (Wildman–Crippen MR) is 63.1 cm³/mol. The minimum atomic E-state index is -0.427. The molecular formula is C11H19NO2S. The fourth-order valence-corrected chi connectivity index (χ4v) is 2.00. The standard InChI is InChI=1S/C11H19NO2S/c1-2-9(13)5-6-12-8-10(14)11-4-3-7-15-11/h3-4,7,9-10,12-14H,2,5-6,8H2,1H3. The Morgan fingerprint density at radius 3 is 2.87 bits per heavy atom. The molecule has 1 aromatic heterocycles. The van der Waals surface area contributed by atoms with Gasteiger partial charge in [-0.1, -0.05) is 13.0 Å². The van der Waals surface area contributed by atoms with Crippen LogP contribution in [-0.2, 0) is 0 Å². The first-order valence-electron chi connectivity index (χ1n) is 5.34. The molecule has 0 bridgehead atoms. The molecule has 0 aromatic carbocycles. The van der Waals surface area contributed by atoms with Crippen LogP contribution in [0, 0.1) is 0 Å². The second-order valence-electron chi connectivity index (χ2n) is 3.59. The Morgan fingerprint density at radius 2 is 2.27 bits per heavy atom. The minimum Gasteiger partial charge on any atom is -0.393 e. The van der Waals surface area contributed by atoms with E-state index in [-0.39, 0.29) is 6.10 Å². The minimum absolute atomic E-state index is 0.226. The monoisotopic (exact) mass is 229 g/mol. The summed E-state index contributed by atoms with van der Waals surface area (Å²) in [5, 5.41) is 24.1. The van der Waals surface area contributed by atoms with Crippen LogP contribution < -0.4 is 5.32 Å². The largest absolute Gasteiger partial charge is 0.393 e. The van der Waals surface area contributed by atoms with Gasteiger partial charge in [-0.15, -0.1) is 11.3 Å². The zero-order chi connectivity index (χ0) is 11.1. The van der Waals surface area contributed by atoms with Gasteiger partial charge in [-0.2, -0.15) is 0 Å². The molecule has 3 N–H and O–H groups in total. The molecule has 0 aliphatic rings. The quantitative estimate of drug-likeness (QED) is 0.622. The van der Waals surface area contributed by atoms with Crippen LogP contribution in [0.15, 0.2) is 17.5 Å². The zero-order valence-electron chi connectivity index (χ0n) is 9.02. The van der Waals surface area contributed by atoms with E-state index in [2.05, 4.69) is 5.32 Å². The van der Waals surface area contributed by atoms with Crippen molar-refractivity contribution in [2.24, 2.45) is 0 Å². The summed E-state index contributed by atoms with van der Waals surface area (Å²) in [5.41, 5.74) is 0. The third kappa shape index (κ3) is 4.75. The maximum atomic E-state index is 9.72. The molecule has 0 saturated carbocycles. The average Bonchev–Trinajstić information content (AvgIpc) is 2.77. The molecule has 86 valence electrons. The van der Waals surface area contributed by atoms with Crippen molar-refractivity contribution in [3.8, 4) is 0 Å². The normalized spacial score (nSPS) is 15.1. The second kappa shape index (κ2) is 6.95. The Bertz CT molecular complexity index is 251. The highest BCUT2D eigenvalue weighted by Gasteiger charge is 2.07. The molecule has 0 amide bonds. The molecule has 15 heavy (non-hydrogen) atoms. The molecule has 0 aliphatic heterocycles. The van der Waals surface area contributed by atoms with Crippen LogP contribution in [0.1, 0.15) is 30.7 Å². The van der Waals surface area contributed by atoms with E-state index in [4.69, 9.17) is 0 Å². The van der Waals surface area contributed by atoms with E-state index < -0.39 is 6.10 Å². The number of thiophene rings is 1. The summed E-state index contributed by atoms with van der Waals surface area (Å²) in [6, 6.07) is 3.86. The van der Waals surface area contributed by atoms with E-state index in [0.29, 0.717) is 6.54 Å². The summed E-state index contributed by atoms with van der Waals surface area (Å²) < 4.78 is 0. The zero-order valence-corrected chi connectivity index (χ0v) is 9.83. The topological polar surface area (TPSA) is 52.5 Å². The maximum absolute atomic E-state index is 9.72. The first kappa shape index (κ1) is 12.6. The SMILES string of the molecule is CCC(O)CCNCC(O)c1cccs1. The molecule has 0 fully saturated rings. The lowest BCUT2D eigenvalue weighted by atomic mass is 10.2. The Hall–Kier alpha value is -0.420. The molecule has 0 spiro atoms. The fourth-order valence-electron chi connectivity index (χ4n) is 1.29. The number of nitrogens with one attached hydrogen (secondary N) is 1. The molecule has 4 heteroatoms. The van der Waals surface area contributed by atoms with E-state index in [0.717, 1.165) is 24.3 Å². The summed E-state index contributed by atoms with van der Waals surface area (Å²) in [7, 11) is 0. The number of rotatable bonds is 7. The molecule has 0 aliphatic carbocycles. The first-order chi connectivity index (χ1) is 7.24. The number of hydrogen-bond acceptors (Lipinski definition) is 4. The Labute approximate surface area is 94.8 Å². The van der Waals surface area contributed by atoms with Crippen LogP contribution in [0.25, 0.3) is 0 Å². The molecule has 1 aromatic rings. The van der Waals surface area contributed by atoms with Gasteiger partial charge in [0.1, 0.15) is 6.10 Å². The van der Waals surface area contributed by atoms with E-state index >= 15 is 0 Å². The molecule has 0 saturated heterocycles.